The fourth-order valence-corrected chi connectivity index (χ4v) is 6.15. The molecular formula is C42H80O6. The second-order valence-corrected chi connectivity index (χ2v) is 14.3. The highest BCUT2D eigenvalue weighted by Gasteiger charge is 2.19. The van der Waals surface area contributed by atoms with Crippen molar-refractivity contribution in [2.45, 2.75) is 239 Å². The minimum Gasteiger partial charge on any atom is -0.462 e. The van der Waals surface area contributed by atoms with Gasteiger partial charge in [0.15, 0.2) is 6.10 Å². The number of carbonyl (C=O) groups excluding carboxylic acids is 3. The van der Waals surface area contributed by atoms with Crippen LogP contribution in [0.4, 0.5) is 0 Å². The molecule has 0 spiro atoms. The molecule has 0 fully saturated rings. The first-order valence-electron chi connectivity index (χ1n) is 21.0. The minimum atomic E-state index is -0.755. The third-order valence-corrected chi connectivity index (χ3v) is 9.36. The molecule has 0 saturated heterocycles. The number of hydrogen-bond acceptors (Lipinski definition) is 6. The van der Waals surface area contributed by atoms with Crippen LogP contribution in [0.1, 0.15) is 233 Å². The van der Waals surface area contributed by atoms with Gasteiger partial charge in [-0.05, 0) is 19.3 Å². The van der Waals surface area contributed by atoms with Crippen LogP contribution >= 0.6 is 0 Å². The maximum Gasteiger partial charge on any atom is 0.306 e. The quantitative estimate of drug-likeness (QED) is 0.0367. The van der Waals surface area contributed by atoms with Crippen molar-refractivity contribution in [2.24, 2.45) is 0 Å². The van der Waals surface area contributed by atoms with Crippen LogP contribution in [0.25, 0.3) is 0 Å². The summed E-state index contributed by atoms with van der Waals surface area (Å²) in [6.45, 7) is 6.54. The maximum atomic E-state index is 12.6. The highest BCUT2D eigenvalue weighted by Crippen LogP contribution is 2.15. The second kappa shape index (κ2) is 38.2. The molecular weight excluding hydrogens is 600 g/mol. The third-order valence-electron chi connectivity index (χ3n) is 9.36. The summed E-state index contributed by atoms with van der Waals surface area (Å²) in [4.78, 5) is 37.3. The highest BCUT2D eigenvalue weighted by molar-refractivity contribution is 5.71. The summed E-state index contributed by atoms with van der Waals surface area (Å²) >= 11 is 0. The molecule has 48 heavy (non-hydrogen) atoms. The van der Waals surface area contributed by atoms with E-state index in [1.54, 1.807) is 0 Å². The van der Waals surface area contributed by atoms with E-state index < -0.39 is 6.10 Å². The lowest BCUT2D eigenvalue weighted by molar-refractivity contribution is -0.167. The van der Waals surface area contributed by atoms with Gasteiger partial charge in [-0.1, -0.05) is 194 Å². The lowest BCUT2D eigenvalue weighted by Crippen LogP contribution is -2.30. The first-order valence-corrected chi connectivity index (χ1v) is 21.0. The molecule has 0 rings (SSSR count). The van der Waals surface area contributed by atoms with Gasteiger partial charge in [-0.3, -0.25) is 14.4 Å². The number of esters is 3. The summed E-state index contributed by atoms with van der Waals surface area (Å²) in [6.07, 6.45) is 36.9. The topological polar surface area (TPSA) is 78.9 Å². The van der Waals surface area contributed by atoms with Gasteiger partial charge < -0.3 is 14.2 Å². The van der Waals surface area contributed by atoms with Crippen molar-refractivity contribution >= 4 is 17.9 Å². The van der Waals surface area contributed by atoms with Crippen molar-refractivity contribution in [2.75, 3.05) is 13.2 Å². The Labute approximate surface area is 298 Å². The molecule has 0 aromatic rings. The molecule has 0 unspecified atom stereocenters. The summed E-state index contributed by atoms with van der Waals surface area (Å²) in [5.41, 5.74) is 0. The van der Waals surface area contributed by atoms with Crippen LogP contribution in [0.3, 0.4) is 0 Å². The van der Waals surface area contributed by atoms with Gasteiger partial charge in [-0.25, -0.2) is 0 Å². The molecule has 0 bridgehead atoms. The Kier molecular flexibility index (Phi) is 36.9. The predicted octanol–water partition coefficient (Wildman–Crippen LogP) is 12.9. The first-order chi connectivity index (χ1) is 23.5. The van der Waals surface area contributed by atoms with E-state index in [9.17, 15) is 14.4 Å². The zero-order chi connectivity index (χ0) is 35.2. The Morgan fingerprint density at radius 2 is 0.562 bits per heavy atom. The van der Waals surface area contributed by atoms with E-state index in [0.717, 1.165) is 64.2 Å². The van der Waals surface area contributed by atoms with Gasteiger partial charge in [0, 0.05) is 19.3 Å². The van der Waals surface area contributed by atoms with Crippen LogP contribution in [0.2, 0.25) is 0 Å². The van der Waals surface area contributed by atoms with Crippen molar-refractivity contribution in [1.82, 2.24) is 0 Å². The molecule has 6 heteroatoms. The van der Waals surface area contributed by atoms with E-state index in [-0.39, 0.29) is 31.1 Å². The first kappa shape index (κ1) is 46.4. The van der Waals surface area contributed by atoms with E-state index in [0.29, 0.717) is 19.3 Å². The Bertz CT molecular complexity index is 708. The van der Waals surface area contributed by atoms with E-state index in [2.05, 4.69) is 20.8 Å². The molecule has 0 saturated carbocycles. The zero-order valence-electron chi connectivity index (χ0n) is 32.3. The number of carbonyl (C=O) groups is 3. The van der Waals surface area contributed by atoms with Gasteiger partial charge in [0.1, 0.15) is 13.2 Å². The Balaban J connectivity index is 4.18. The molecule has 0 N–H and O–H groups in total. The van der Waals surface area contributed by atoms with Crippen molar-refractivity contribution in [1.29, 1.82) is 0 Å². The minimum absolute atomic E-state index is 0.0647. The second-order valence-electron chi connectivity index (χ2n) is 14.3. The lowest BCUT2D eigenvalue weighted by atomic mass is 10.0. The van der Waals surface area contributed by atoms with Gasteiger partial charge in [0.05, 0.1) is 0 Å². The molecule has 1 atom stereocenters. The van der Waals surface area contributed by atoms with Crippen molar-refractivity contribution in [3.05, 3.63) is 0 Å². The van der Waals surface area contributed by atoms with Crippen LogP contribution in [-0.4, -0.2) is 37.2 Å². The molecule has 284 valence electrons. The van der Waals surface area contributed by atoms with E-state index in [1.807, 2.05) is 0 Å². The number of ether oxygens (including phenoxy) is 3. The molecule has 0 aliphatic rings. The molecule has 0 amide bonds. The predicted molar refractivity (Wildman–Crippen MR) is 201 cm³/mol. The fraction of sp³-hybridized carbons (Fsp3) is 0.929. The molecule has 0 aromatic carbocycles. The van der Waals surface area contributed by atoms with Gasteiger partial charge in [0.2, 0.25) is 0 Å². The standard InChI is InChI=1S/C42H80O6/c1-4-7-10-13-15-17-18-19-20-21-22-23-25-27-30-33-36-42(45)48-39(37-46-40(43)34-31-28-12-9-6-3)38-47-41(44)35-32-29-26-24-16-14-11-8-5-2/h39H,4-38H2,1-3H3/t39-/m0/s1. The normalized spacial score (nSPS) is 11.8. The van der Waals surface area contributed by atoms with Crippen LogP contribution in [-0.2, 0) is 28.6 Å². The summed E-state index contributed by atoms with van der Waals surface area (Å²) in [6, 6.07) is 0. The van der Waals surface area contributed by atoms with Gasteiger partial charge in [-0.15, -0.1) is 0 Å². The summed E-state index contributed by atoms with van der Waals surface area (Å²) in [5.74, 6) is -0.874. The summed E-state index contributed by atoms with van der Waals surface area (Å²) < 4.78 is 16.5. The largest absolute Gasteiger partial charge is 0.462 e. The van der Waals surface area contributed by atoms with Crippen LogP contribution in [0.5, 0.6) is 0 Å². The lowest BCUT2D eigenvalue weighted by Gasteiger charge is -2.18. The number of rotatable bonds is 38. The van der Waals surface area contributed by atoms with E-state index in [4.69, 9.17) is 14.2 Å². The van der Waals surface area contributed by atoms with Crippen molar-refractivity contribution in [3.8, 4) is 0 Å². The Morgan fingerprint density at radius 3 is 0.833 bits per heavy atom. The average molecular weight is 681 g/mol. The SMILES string of the molecule is CCCCCCCCCCCCCCCCCCC(=O)O[C@@H](COC(=O)CCCCCCC)COC(=O)CCCCCCCCCCC. The van der Waals surface area contributed by atoms with Gasteiger partial charge in [0.25, 0.3) is 0 Å². The van der Waals surface area contributed by atoms with Crippen LogP contribution in [0, 0.1) is 0 Å². The van der Waals surface area contributed by atoms with Crippen molar-refractivity contribution in [3.63, 3.8) is 0 Å². The summed E-state index contributed by atoms with van der Waals surface area (Å²) in [7, 11) is 0. The fourth-order valence-electron chi connectivity index (χ4n) is 6.15. The third kappa shape index (κ3) is 35.7. The van der Waals surface area contributed by atoms with Crippen LogP contribution < -0.4 is 0 Å². The van der Waals surface area contributed by atoms with E-state index >= 15 is 0 Å². The monoisotopic (exact) mass is 681 g/mol. The Morgan fingerprint density at radius 1 is 0.333 bits per heavy atom. The molecule has 0 radical (unpaired) electrons. The van der Waals surface area contributed by atoms with Crippen LogP contribution in [0.15, 0.2) is 0 Å². The maximum absolute atomic E-state index is 12.6. The van der Waals surface area contributed by atoms with Gasteiger partial charge >= 0.3 is 17.9 Å². The van der Waals surface area contributed by atoms with Crippen molar-refractivity contribution < 1.29 is 28.6 Å². The smallest absolute Gasteiger partial charge is 0.306 e. The average Bonchev–Trinajstić information content (AvgIpc) is 3.08. The highest BCUT2D eigenvalue weighted by atomic mass is 16.6. The molecule has 0 heterocycles. The Hall–Kier alpha value is -1.59. The molecule has 6 nitrogen and oxygen atoms in total. The number of unbranched alkanes of at least 4 members (excludes halogenated alkanes) is 27. The zero-order valence-corrected chi connectivity index (χ0v) is 32.3. The molecule has 0 aliphatic carbocycles. The number of hydrogen-bond donors (Lipinski definition) is 0. The summed E-state index contributed by atoms with van der Waals surface area (Å²) in [5, 5.41) is 0. The van der Waals surface area contributed by atoms with E-state index in [1.165, 1.54) is 128 Å². The molecule has 0 aromatic heterocycles. The van der Waals surface area contributed by atoms with Gasteiger partial charge in [-0.2, -0.15) is 0 Å². The molecule has 0 aliphatic heterocycles.